The molecule has 1 saturated heterocycles. The molecule has 1 aliphatic rings. The summed E-state index contributed by atoms with van der Waals surface area (Å²) in [5, 5.41) is 13.3. The molecule has 120 valence electrons. The number of rotatable bonds is 5. The Morgan fingerprint density at radius 3 is 2.96 bits per heavy atom. The van der Waals surface area contributed by atoms with E-state index in [1.54, 1.807) is 7.11 Å². The summed E-state index contributed by atoms with van der Waals surface area (Å²) in [4.78, 5) is 2.46. The van der Waals surface area contributed by atoms with E-state index in [0.717, 1.165) is 25.9 Å². The van der Waals surface area contributed by atoms with E-state index in [1.165, 1.54) is 11.1 Å². The molecule has 23 heavy (non-hydrogen) atoms. The maximum absolute atomic E-state index is 9.06. The van der Waals surface area contributed by atoms with Gasteiger partial charge < -0.3 is 4.74 Å². The second kappa shape index (κ2) is 6.95. The fourth-order valence-electron chi connectivity index (χ4n) is 3.41. The van der Waals surface area contributed by atoms with Crippen LogP contribution in [0.4, 0.5) is 0 Å². The van der Waals surface area contributed by atoms with Crippen LogP contribution in [0.2, 0.25) is 0 Å². The van der Waals surface area contributed by atoms with Crippen LogP contribution in [0.1, 0.15) is 23.1 Å². The number of aryl methyl sites for hydroxylation is 1. The molecule has 0 unspecified atom stereocenters. The summed E-state index contributed by atoms with van der Waals surface area (Å²) in [7, 11) is 3.73. The van der Waals surface area contributed by atoms with E-state index < -0.39 is 0 Å². The van der Waals surface area contributed by atoms with Crippen molar-refractivity contribution in [2.75, 3.05) is 13.7 Å². The summed E-state index contributed by atoms with van der Waals surface area (Å²) in [6.07, 6.45) is 6.22. The highest BCUT2D eigenvalue weighted by Gasteiger charge is 2.34. The summed E-state index contributed by atoms with van der Waals surface area (Å²) in [5.74, 6) is 0. The third-order valence-electron chi connectivity index (χ3n) is 4.55. The lowest BCUT2D eigenvalue weighted by Crippen LogP contribution is -2.37. The van der Waals surface area contributed by atoms with Crippen molar-refractivity contribution in [2.45, 2.75) is 31.5 Å². The summed E-state index contributed by atoms with van der Waals surface area (Å²) in [6.45, 7) is 1.86. The highest BCUT2D eigenvalue weighted by molar-refractivity contribution is 5.32. The molecule has 1 fully saturated rings. The molecule has 1 aromatic carbocycles. The predicted molar refractivity (Wildman–Crippen MR) is 87.7 cm³/mol. The van der Waals surface area contributed by atoms with Crippen LogP contribution in [0.5, 0.6) is 0 Å². The summed E-state index contributed by atoms with van der Waals surface area (Å²) >= 11 is 0. The Bertz CT molecular complexity index is 703. The van der Waals surface area contributed by atoms with Gasteiger partial charge in [-0.25, -0.2) is 0 Å². The van der Waals surface area contributed by atoms with Gasteiger partial charge in [-0.3, -0.25) is 9.58 Å². The fourth-order valence-corrected chi connectivity index (χ4v) is 3.41. The van der Waals surface area contributed by atoms with Crippen molar-refractivity contribution in [3.63, 3.8) is 0 Å². The van der Waals surface area contributed by atoms with E-state index in [1.807, 2.05) is 36.1 Å². The molecule has 2 aromatic rings. The maximum atomic E-state index is 9.06. The van der Waals surface area contributed by atoms with Crippen molar-refractivity contribution in [1.29, 1.82) is 5.26 Å². The lowest BCUT2D eigenvalue weighted by molar-refractivity contribution is 0.0638. The number of methoxy groups -OCH3 is 1. The Balaban J connectivity index is 1.75. The molecule has 0 spiro atoms. The minimum absolute atomic E-state index is 0.245. The number of aromatic nitrogens is 2. The zero-order valence-electron chi connectivity index (χ0n) is 13.6. The molecule has 2 atom stereocenters. The average molecular weight is 310 g/mol. The van der Waals surface area contributed by atoms with Crippen LogP contribution >= 0.6 is 0 Å². The second-order valence-corrected chi connectivity index (χ2v) is 6.14. The first-order valence-corrected chi connectivity index (χ1v) is 7.93. The first kappa shape index (κ1) is 15.7. The van der Waals surface area contributed by atoms with Gasteiger partial charge in [0.1, 0.15) is 0 Å². The van der Waals surface area contributed by atoms with E-state index in [0.29, 0.717) is 11.6 Å². The molecule has 0 saturated carbocycles. The van der Waals surface area contributed by atoms with Gasteiger partial charge in [-0.15, -0.1) is 0 Å². The Kier molecular flexibility index (Phi) is 4.75. The number of benzene rings is 1. The number of nitrogens with zero attached hydrogens (tertiary/aromatic N) is 4. The third-order valence-corrected chi connectivity index (χ3v) is 4.55. The lowest BCUT2D eigenvalue weighted by atomic mass is 10.0. The Hall–Kier alpha value is -2.16. The van der Waals surface area contributed by atoms with Crippen LogP contribution in [0.25, 0.3) is 0 Å². The quantitative estimate of drug-likeness (QED) is 0.849. The van der Waals surface area contributed by atoms with E-state index in [-0.39, 0.29) is 6.10 Å². The maximum Gasteiger partial charge on any atom is 0.0991 e. The number of nitriles is 1. The zero-order valence-corrected chi connectivity index (χ0v) is 13.6. The van der Waals surface area contributed by atoms with Crippen molar-refractivity contribution in [3.8, 4) is 6.07 Å². The Morgan fingerprint density at radius 1 is 1.39 bits per heavy atom. The van der Waals surface area contributed by atoms with Crippen molar-refractivity contribution < 1.29 is 4.74 Å². The van der Waals surface area contributed by atoms with Gasteiger partial charge in [-0.1, -0.05) is 12.1 Å². The molecule has 0 N–H and O–H groups in total. The molecule has 2 heterocycles. The van der Waals surface area contributed by atoms with Crippen LogP contribution < -0.4 is 0 Å². The summed E-state index contributed by atoms with van der Waals surface area (Å²) in [5.41, 5.74) is 3.13. The molecule has 0 bridgehead atoms. The van der Waals surface area contributed by atoms with Crippen LogP contribution in [0.3, 0.4) is 0 Å². The largest absolute Gasteiger partial charge is 0.380 e. The molecule has 0 radical (unpaired) electrons. The van der Waals surface area contributed by atoms with Crippen LogP contribution in [-0.2, 0) is 24.8 Å². The monoisotopic (exact) mass is 310 g/mol. The van der Waals surface area contributed by atoms with Gasteiger partial charge in [0, 0.05) is 39.5 Å². The lowest BCUT2D eigenvalue weighted by Gasteiger charge is -2.27. The molecule has 5 heteroatoms. The van der Waals surface area contributed by atoms with E-state index in [9.17, 15) is 0 Å². The number of likely N-dealkylation sites (tertiary alicyclic amines) is 1. The molecule has 3 rings (SSSR count). The predicted octanol–water partition coefficient (Wildman–Crippen LogP) is 2.12. The topological polar surface area (TPSA) is 54.1 Å². The SMILES string of the molecule is CO[C@@H]1CCN(Cc2cccc(C#N)c2)[C@H]1Cc1cnn(C)c1. The van der Waals surface area contributed by atoms with Gasteiger partial charge >= 0.3 is 0 Å². The van der Waals surface area contributed by atoms with Crippen molar-refractivity contribution in [1.82, 2.24) is 14.7 Å². The number of ether oxygens (including phenoxy) is 1. The summed E-state index contributed by atoms with van der Waals surface area (Å²) in [6, 6.07) is 10.4. The van der Waals surface area contributed by atoms with Crippen molar-refractivity contribution >= 4 is 0 Å². The molecule has 0 aliphatic carbocycles. The zero-order chi connectivity index (χ0) is 16.2. The first-order chi connectivity index (χ1) is 11.2. The average Bonchev–Trinajstić information content (AvgIpc) is 3.14. The van der Waals surface area contributed by atoms with Gasteiger partial charge in [0.15, 0.2) is 0 Å². The smallest absolute Gasteiger partial charge is 0.0991 e. The molecule has 5 nitrogen and oxygen atoms in total. The molecule has 1 aliphatic heterocycles. The molecular weight excluding hydrogens is 288 g/mol. The van der Waals surface area contributed by atoms with Gasteiger partial charge in [0.2, 0.25) is 0 Å². The standard InChI is InChI=1S/C18H22N4O/c1-21-12-16(11-20-21)9-17-18(23-2)6-7-22(17)13-15-5-3-4-14(8-15)10-19/h3-5,8,11-12,17-18H,6-7,9,13H2,1-2H3/t17-,18+/m0/s1. The van der Waals surface area contributed by atoms with E-state index in [2.05, 4.69) is 28.3 Å². The van der Waals surface area contributed by atoms with Gasteiger partial charge in [0.25, 0.3) is 0 Å². The van der Waals surface area contributed by atoms with Crippen LogP contribution in [-0.4, -0.2) is 40.5 Å². The first-order valence-electron chi connectivity index (χ1n) is 7.93. The highest BCUT2D eigenvalue weighted by atomic mass is 16.5. The number of hydrogen-bond donors (Lipinski definition) is 0. The van der Waals surface area contributed by atoms with E-state index in [4.69, 9.17) is 10.00 Å². The highest BCUT2D eigenvalue weighted by Crippen LogP contribution is 2.26. The van der Waals surface area contributed by atoms with Crippen LogP contribution in [0, 0.1) is 11.3 Å². The molecule has 1 aromatic heterocycles. The van der Waals surface area contributed by atoms with Crippen molar-refractivity contribution in [2.24, 2.45) is 7.05 Å². The van der Waals surface area contributed by atoms with Crippen molar-refractivity contribution in [3.05, 3.63) is 53.3 Å². The van der Waals surface area contributed by atoms with Gasteiger partial charge in [-0.05, 0) is 36.1 Å². The van der Waals surface area contributed by atoms with Gasteiger partial charge in [-0.2, -0.15) is 10.4 Å². The Morgan fingerprint density at radius 2 is 2.26 bits per heavy atom. The normalized spacial score (nSPS) is 21.4. The molecular formula is C18H22N4O. The Labute approximate surface area is 137 Å². The fraction of sp³-hybridized carbons (Fsp3) is 0.444. The molecule has 0 amide bonds. The van der Waals surface area contributed by atoms with E-state index >= 15 is 0 Å². The minimum atomic E-state index is 0.245. The summed E-state index contributed by atoms with van der Waals surface area (Å²) < 4.78 is 7.53. The third kappa shape index (κ3) is 3.61. The number of hydrogen-bond acceptors (Lipinski definition) is 4. The minimum Gasteiger partial charge on any atom is -0.380 e. The van der Waals surface area contributed by atoms with Gasteiger partial charge in [0.05, 0.1) is 23.9 Å². The van der Waals surface area contributed by atoms with Crippen LogP contribution in [0.15, 0.2) is 36.7 Å². The second-order valence-electron chi connectivity index (χ2n) is 6.14.